The normalized spacial score (nSPS) is 11.9. The van der Waals surface area contributed by atoms with Crippen LogP contribution in [0.2, 0.25) is 0 Å². The number of fused-ring (bicyclic) bond motifs is 13. The smallest absolute Gasteiger partial charge is 0.164 e. The Labute approximate surface area is 439 Å². The molecule has 16 aromatic rings. The van der Waals surface area contributed by atoms with Gasteiger partial charge in [0.2, 0.25) is 0 Å². The van der Waals surface area contributed by atoms with E-state index in [1.54, 1.807) is 0 Å². The molecule has 354 valence electrons. The molecular formula is C69H41N5OS. The minimum Gasteiger partial charge on any atom is -0.454 e. The largest absolute Gasteiger partial charge is 0.454 e. The van der Waals surface area contributed by atoms with Gasteiger partial charge in [-0.25, -0.2) is 15.0 Å². The lowest BCUT2D eigenvalue weighted by molar-refractivity contribution is 0.666. The predicted octanol–water partition coefficient (Wildman–Crippen LogP) is 18.7. The van der Waals surface area contributed by atoms with Gasteiger partial charge in [-0.1, -0.05) is 176 Å². The molecule has 0 saturated heterocycles. The van der Waals surface area contributed by atoms with Crippen molar-refractivity contribution in [3.63, 3.8) is 0 Å². The average molecular weight is 988 g/mol. The van der Waals surface area contributed by atoms with Gasteiger partial charge in [0.25, 0.3) is 0 Å². The summed E-state index contributed by atoms with van der Waals surface area (Å²) in [7, 11) is 0. The molecule has 16 rings (SSSR count). The van der Waals surface area contributed by atoms with Crippen molar-refractivity contribution < 1.29 is 4.42 Å². The fourth-order valence-electron chi connectivity index (χ4n) is 11.8. The van der Waals surface area contributed by atoms with Crippen LogP contribution in [-0.4, -0.2) is 24.1 Å². The van der Waals surface area contributed by atoms with Crippen molar-refractivity contribution >= 4 is 97.1 Å². The van der Waals surface area contributed by atoms with E-state index in [1.807, 2.05) is 41.7 Å². The van der Waals surface area contributed by atoms with E-state index in [0.29, 0.717) is 17.5 Å². The Bertz CT molecular complexity index is 4990. The zero-order valence-electron chi connectivity index (χ0n) is 40.7. The Kier molecular flexibility index (Phi) is 9.40. The summed E-state index contributed by atoms with van der Waals surface area (Å²) >= 11 is 1.84. The van der Waals surface area contributed by atoms with Gasteiger partial charge in [-0.3, -0.25) is 0 Å². The molecule has 0 bridgehead atoms. The standard InChI is InChI=1S/C69H41N5OS/c1-4-19-42(20-5-1)44-23-18-24-46(39-44)68-70-67(43-21-6-2-7-22-43)71-69(72-68)52-36-37-58(66-62(52)51-30-12-16-33-59(51)75-66)74-57-32-15-11-29-50(57)63-64(74)53(45-35-38-61-54(40-45)49-28-13-17-34-60(49)76-61)41-55-48-27-10-14-31-56(48)73(65(55)63)47-25-8-3-9-26-47/h1-41H. The van der Waals surface area contributed by atoms with Gasteiger partial charge in [-0.2, -0.15) is 0 Å². The summed E-state index contributed by atoms with van der Waals surface area (Å²) in [5.41, 5.74) is 15.2. The van der Waals surface area contributed by atoms with Gasteiger partial charge in [-0.05, 0) is 89.5 Å². The molecule has 0 aliphatic heterocycles. The molecule has 0 fully saturated rings. The topological polar surface area (TPSA) is 61.7 Å². The first kappa shape index (κ1) is 42.5. The highest BCUT2D eigenvalue weighted by molar-refractivity contribution is 7.25. The number of aromatic nitrogens is 5. The van der Waals surface area contributed by atoms with Crippen LogP contribution < -0.4 is 0 Å². The Hall–Kier alpha value is -9.95. The van der Waals surface area contributed by atoms with Crippen molar-refractivity contribution in [1.29, 1.82) is 0 Å². The van der Waals surface area contributed by atoms with Gasteiger partial charge in [0.15, 0.2) is 23.1 Å². The van der Waals surface area contributed by atoms with Crippen LogP contribution in [0.5, 0.6) is 0 Å². The summed E-state index contributed by atoms with van der Waals surface area (Å²) in [5.74, 6) is 1.74. The number of furan rings is 1. The van der Waals surface area contributed by atoms with Gasteiger partial charge in [-0.15, -0.1) is 11.3 Å². The van der Waals surface area contributed by atoms with Crippen LogP contribution in [0, 0.1) is 0 Å². The molecule has 6 nitrogen and oxygen atoms in total. The fourth-order valence-corrected chi connectivity index (χ4v) is 12.9. The van der Waals surface area contributed by atoms with E-state index in [4.69, 9.17) is 19.4 Å². The third-order valence-corrected chi connectivity index (χ3v) is 16.3. The molecule has 0 radical (unpaired) electrons. The van der Waals surface area contributed by atoms with Crippen molar-refractivity contribution in [3.05, 3.63) is 249 Å². The van der Waals surface area contributed by atoms with E-state index in [2.05, 4.69) is 228 Å². The van der Waals surface area contributed by atoms with Gasteiger partial charge in [0.1, 0.15) is 5.58 Å². The quantitative estimate of drug-likeness (QED) is 0.160. The van der Waals surface area contributed by atoms with Crippen molar-refractivity contribution in [3.8, 4) is 67.8 Å². The van der Waals surface area contributed by atoms with E-state index in [1.165, 1.54) is 36.3 Å². The molecule has 76 heavy (non-hydrogen) atoms. The van der Waals surface area contributed by atoms with Crippen molar-refractivity contribution in [2.24, 2.45) is 0 Å². The van der Waals surface area contributed by atoms with E-state index >= 15 is 0 Å². The van der Waals surface area contributed by atoms with Crippen molar-refractivity contribution in [2.45, 2.75) is 0 Å². The highest BCUT2D eigenvalue weighted by Crippen LogP contribution is 2.49. The zero-order valence-corrected chi connectivity index (χ0v) is 41.5. The van der Waals surface area contributed by atoms with Gasteiger partial charge in [0, 0.05) is 80.4 Å². The molecule has 0 spiro atoms. The lowest BCUT2D eigenvalue weighted by atomic mass is 9.96. The SMILES string of the molecule is c1ccc(-c2cccc(-c3nc(-c4ccccc4)nc(-c4ccc(-n5c6ccccc6c6c5c(-c5ccc7sc8ccccc8c7c5)cc5c7ccccc7n(-c7ccccc7)c56)c5oc6ccccc6c45)n3)c2)cc1. The highest BCUT2D eigenvalue weighted by atomic mass is 32.1. The van der Waals surface area contributed by atoms with Crippen LogP contribution in [0.1, 0.15) is 0 Å². The fraction of sp³-hybridized carbons (Fsp3) is 0. The predicted molar refractivity (Wildman–Crippen MR) is 316 cm³/mol. The number of nitrogens with zero attached hydrogens (tertiary/aromatic N) is 5. The molecule has 11 aromatic carbocycles. The maximum atomic E-state index is 7.24. The summed E-state index contributed by atoms with van der Waals surface area (Å²) < 4.78 is 14.7. The first-order valence-corrected chi connectivity index (χ1v) is 26.4. The number of para-hydroxylation sites is 4. The van der Waals surface area contributed by atoms with E-state index in [9.17, 15) is 0 Å². The van der Waals surface area contributed by atoms with Crippen molar-refractivity contribution in [2.75, 3.05) is 0 Å². The molecule has 7 heteroatoms. The lowest BCUT2D eigenvalue weighted by Gasteiger charge is -2.15. The molecular weight excluding hydrogens is 947 g/mol. The minimum absolute atomic E-state index is 0.561. The summed E-state index contributed by atoms with van der Waals surface area (Å²) in [6, 6.07) is 88.5. The lowest BCUT2D eigenvalue weighted by Crippen LogP contribution is -2.02. The molecule has 0 N–H and O–H groups in total. The zero-order chi connectivity index (χ0) is 49.8. The maximum absolute atomic E-state index is 7.24. The van der Waals surface area contributed by atoms with Gasteiger partial charge >= 0.3 is 0 Å². The third-order valence-electron chi connectivity index (χ3n) is 15.2. The Balaban J connectivity index is 1.02. The summed E-state index contributed by atoms with van der Waals surface area (Å²) in [6.07, 6.45) is 0. The number of rotatable bonds is 7. The van der Waals surface area contributed by atoms with Crippen LogP contribution in [0.25, 0.3) is 154 Å². The van der Waals surface area contributed by atoms with E-state index in [-0.39, 0.29) is 0 Å². The van der Waals surface area contributed by atoms with Crippen molar-refractivity contribution in [1.82, 2.24) is 24.1 Å². The third kappa shape index (κ3) is 6.49. The summed E-state index contributed by atoms with van der Waals surface area (Å²) in [5, 5.41) is 9.13. The Morgan fingerprint density at radius 3 is 1.74 bits per heavy atom. The first-order valence-electron chi connectivity index (χ1n) is 25.6. The van der Waals surface area contributed by atoms with Crippen LogP contribution in [0.15, 0.2) is 253 Å². The van der Waals surface area contributed by atoms with Crippen LogP contribution in [0.3, 0.4) is 0 Å². The second-order valence-electron chi connectivity index (χ2n) is 19.4. The average Bonchev–Trinajstić information content (AvgIpc) is 4.26. The number of benzene rings is 11. The van der Waals surface area contributed by atoms with E-state index < -0.39 is 0 Å². The number of hydrogen-bond donors (Lipinski definition) is 0. The molecule has 0 atom stereocenters. The minimum atomic E-state index is 0.561. The van der Waals surface area contributed by atoms with Crippen LogP contribution in [-0.2, 0) is 0 Å². The van der Waals surface area contributed by atoms with Gasteiger partial charge in [0.05, 0.1) is 27.8 Å². The second-order valence-corrected chi connectivity index (χ2v) is 20.5. The Morgan fingerprint density at radius 2 is 0.934 bits per heavy atom. The monoisotopic (exact) mass is 987 g/mol. The molecule has 0 unspecified atom stereocenters. The highest BCUT2D eigenvalue weighted by Gasteiger charge is 2.28. The molecule has 0 aliphatic rings. The number of thiophene rings is 1. The maximum Gasteiger partial charge on any atom is 0.164 e. The number of hydrogen-bond acceptors (Lipinski definition) is 5. The van der Waals surface area contributed by atoms with Gasteiger partial charge < -0.3 is 13.6 Å². The summed E-state index contributed by atoms with van der Waals surface area (Å²) in [6.45, 7) is 0. The molecule has 0 amide bonds. The molecule has 0 aliphatic carbocycles. The Morgan fingerprint density at radius 1 is 0.329 bits per heavy atom. The second kappa shape index (κ2) is 16.8. The van der Waals surface area contributed by atoms with Crippen LogP contribution >= 0.6 is 11.3 Å². The molecule has 5 heterocycles. The summed E-state index contributed by atoms with van der Waals surface area (Å²) in [4.78, 5) is 15.9. The molecule has 5 aromatic heterocycles. The first-order chi connectivity index (χ1) is 37.7. The van der Waals surface area contributed by atoms with E-state index in [0.717, 1.165) is 99.7 Å². The van der Waals surface area contributed by atoms with Crippen LogP contribution in [0.4, 0.5) is 0 Å². The molecule has 0 saturated carbocycles.